The smallest absolute Gasteiger partial charge is 0.222 e. The molecule has 2 fully saturated rings. The Morgan fingerprint density at radius 1 is 1.13 bits per heavy atom. The Hall–Kier alpha value is -1.67. The average molecular weight is 419 g/mol. The lowest BCUT2D eigenvalue weighted by Gasteiger charge is -2.34. The molecule has 7 nitrogen and oxygen atoms in total. The molecule has 7 heteroatoms. The molecule has 2 aliphatic rings. The second-order valence-electron chi connectivity index (χ2n) is 8.36. The van der Waals surface area contributed by atoms with Crippen molar-refractivity contribution in [2.75, 3.05) is 65.5 Å². The topological polar surface area (TPSA) is 68.3 Å². The number of amides is 1. The molecule has 30 heavy (non-hydrogen) atoms. The Morgan fingerprint density at radius 3 is 2.70 bits per heavy atom. The minimum absolute atomic E-state index is 0.282. The van der Waals surface area contributed by atoms with E-state index in [1.165, 1.54) is 0 Å². The van der Waals surface area contributed by atoms with E-state index in [9.17, 15) is 9.90 Å². The molecule has 1 aromatic rings. The number of piperidine rings is 1. The van der Waals surface area contributed by atoms with Gasteiger partial charge in [-0.1, -0.05) is 19.1 Å². The summed E-state index contributed by atoms with van der Waals surface area (Å²) < 4.78 is 5.84. The lowest BCUT2D eigenvalue weighted by atomic mass is 10.1. The van der Waals surface area contributed by atoms with Crippen molar-refractivity contribution in [3.05, 3.63) is 29.8 Å². The minimum Gasteiger partial charge on any atom is -0.491 e. The summed E-state index contributed by atoms with van der Waals surface area (Å²) in [5, 5.41) is 13.8. The van der Waals surface area contributed by atoms with Crippen LogP contribution in [0.5, 0.6) is 5.75 Å². The van der Waals surface area contributed by atoms with Crippen LogP contribution in [0, 0.1) is 0 Å². The Labute approximate surface area is 181 Å². The van der Waals surface area contributed by atoms with Gasteiger partial charge in [-0.25, -0.2) is 0 Å². The number of aliphatic hydroxyl groups is 1. The van der Waals surface area contributed by atoms with Gasteiger partial charge < -0.3 is 25.0 Å². The monoisotopic (exact) mass is 418 g/mol. The van der Waals surface area contributed by atoms with E-state index < -0.39 is 6.10 Å². The Kier molecular flexibility index (Phi) is 9.39. The summed E-state index contributed by atoms with van der Waals surface area (Å²) in [6, 6.07) is 8.00. The van der Waals surface area contributed by atoms with E-state index in [1.807, 2.05) is 23.1 Å². The van der Waals surface area contributed by atoms with Crippen molar-refractivity contribution >= 4 is 5.91 Å². The minimum atomic E-state index is -0.484. The number of ether oxygens (including phenoxy) is 1. The number of hydrogen-bond donors (Lipinski definition) is 2. The fourth-order valence-corrected chi connectivity index (χ4v) is 4.12. The van der Waals surface area contributed by atoms with Crippen LogP contribution in [0.3, 0.4) is 0 Å². The first-order chi connectivity index (χ1) is 14.6. The molecule has 0 spiro atoms. The molecule has 1 aromatic carbocycles. The maximum Gasteiger partial charge on any atom is 0.222 e. The molecule has 1 amide bonds. The van der Waals surface area contributed by atoms with E-state index in [0.29, 0.717) is 19.6 Å². The summed E-state index contributed by atoms with van der Waals surface area (Å²) in [5.74, 6) is 1.07. The fraction of sp³-hybridized carbons (Fsp3) is 0.696. The number of nitrogens with one attached hydrogen (secondary N) is 1. The zero-order chi connectivity index (χ0) is 21.2. The highest BCUT2D eigenvalue weighted by Crippen LogP contribution is 2.14. The Bertz CT molecular complexity index is 649. The number of carbonyl (C=O) groups excluding carboxylic acids is 1. The lowest BCUT2D eigenvalue weighted by Crippen LogP contribution is -2.49. The Balaban J connectivity index is 1.33. The van der Waals surface area contributed by atoms with Crippen LogP contribution in [-0.2, 0) is 11.3 Å². The van der Waals surface area contributed by atoms with Crippen molar-refractivity contribution in [3.8, 4) is 5.75 Å². The zero-order valence-electron chi connectivity index (χ0n) is 18.4. The molecule has 0 aliphatic carbocycles. The third-order valence-corrected chi connectivity index (χ3v) is 6.03. The normalized spacial score (nSPS) is 19.8. The molecule has 0 saturated carbocycles. The summed E-state index contributed by atoms with van der Waals surface area (Å²) in [6.45, 7) is 11.6. The highest BCUT2D eigenvalue weighted by Gasteiger charge is 2.19. The standard InChI is InChI=1S/C23H38N4O3/c1-2-25-12-14-26(15-13-25)18-21(28)19-30-22-7-5-6-20(16-22)17-24-9-11-27-10-4-3-8-23(27)29/h5-7,16,21,24,28H,2-4,8-15,17-19H2,1H3. The van der Waals surface area contributed by atoms with Crippen LogP contribution in [0.25, 0.3) is 0 Å². The van der Waals surface area contributed by atoms with Crippen LogP contribution in [0.4, 0.5) is 0 Å². The number of carbonyl (C=O) groups is 1. The number of likely N-dealkylation sites (tertiary alicyclic amines) is 1. The van der Waals surface area contributed by atoms with Gasteiger partial charge in [-0.15, -0.1) is 0 Å². The molecule has 3 rings (SSSR count). The number of likely N-dealkylation sites (N-methyl/N-ethyl adjacent to an activating group) is 1. The van der Waals surface area contributed by atoms with Crippen LogP contribution in [-0.4, -0.2) is 97.3 Å². The number of rotatable bonds is 11. The molecular formula is C23H38N4O3. The first kappa shape index (κ1) is 23.0. The fourth-order valence-electron chi connectivity index (χ4n) is 4.12. The van der Waals surface area contributed by atoms with Crippen molar-refractivity contribution in [1.82, 2.24) is 20.0 Å². The largest absolute Gasteiger partial charge is 0.491 e. The van der Waals surface area contributed by atoms with Gasteiger partial charge >= 0.3 is 0 Å². The predicted octanol–water partition coefficient (Wildman–Crippen LogP) is 1.17. The van der Waals surface area contributed by atoms with Gasteiger partial charge in [-0.2, -0.15) is 0 Å². The van der Waals surface area contributed by atoms with Crippen molar-refractivity contribution < 1.29 is 14.6 Å². The number of hydrogen-bond acceptors (Lipinski definition) is 6. The van der Waals surface area contributed by atoms with Crippen LogP contribution in [0.1, 0.15) is 31.7 Å². The quantitative estimate of drug-likeness (QED) is 0.526. The molecule has 2 aliphatic heterocycles. The number of β-amino-alcohol motifs (C(OH)–C–C–N with tert-alkyl or cyclic N) is 1. The maximum atomic E-state index is 11.8. The molecule has 0 aromatic heterocycles. The molecule has 0 radical (unpaired) electrons. The molecule has 2 heterocycles. The number of piperazine rings is 1. The molecular weight excluding hydrogens is 380 g/mol. The van der Waals surface area contributed by atoms with Crippen molar-refractivity contribution in [2.45, 2.75) is 38.8 Å². The van der Waals surface area contributed by atoms with Gasteiger partial charge in [-0.05, 0) is 37.1 Å². The number of aliphatic hydroxyl groups excluding tert-OH is 1. The van der Waals surface area contributed by atoms with Gasteiger partial charge in [0, 0.05) is 65.3 Å². The second kappa shape index (κ2) is 12.2. The van der Waals surface area contributed by atoms with Crippen molar-refractivity contribution in [1.29, 1.82) is 0 Å². The van der Waals surface area contributed by atoms with E-state index in [-0.39, 0.29) is 5.91 Å². The second-order valence-corrected chi connectivity index (χ2v) is 8.36. The van der Waals surface area contributed by atoms with Crippen LogP contribution in [0.2, 0.25) is 0 Å². The van der Waals surface area contributed by atoms with Gasteiger partial charge in [0.2, 0.25) is 5.91 Å². The third-order valence-electron chi connectivity index (χ3n) is 6.03. The average Bonchev–Trinajstić information content (AvgIpc) is 2.77. The maximum absolute atomic E-state index is 11.8. The first-order valence-corrected chi connectivity index (χ1v) is 11.5. The third kappa shape index (κ3) is 7.54. The van der Waals surface area contributed by atoms with E-state index in [4.69, 9.17) is 4.74 Å². The summed E-state index contributed by atoms with van der Waals surface area (Å²) in [7, 11) is 0. The van der Waals surface area contributed by atoms with Crippen molar-refractivity contribution in [3.63, 3.8) is 0 Å². The van der Waals surface area contributed by atoms with E-state index in [0.717, 1.165) is 83.1 Å². The summed E-state index contributed by atoms with van der Waals surface area (Å²) in [5.41, 5.74) is 1.14. The first-order valence-electron chi connectivity index (χ1n) is 11.5. The summed E-state index contributed by atoms with van der Waals surface area (Å²) in [4.78, 5) is 18.5. The SMILES string of the molecule is CCN1CCN(CC(O)COc2cccc(CNCCN3CCCCC3=O)c2)CC1. The van der Waals surface area contributed by atoms with Crippen LogP contribution >= 0.6 is 0 Å². The molecule has 0 bridgehead atoms. The molecule has 1 atom stereocenters. The van der Waals surface area contributed by atoms with Crippen LogP contribution in [0.15, 0.2) is 24.3 Å². The van der Waals surface area contributed by atoms with Gasteiger partial charge in [0.1, 0.15) is 18.5 Å². The number of nitrogens with zero attached hydrogens (tertiary/aromatic N) is 3. The molecule has 168 valence electrons. The van der Waals surface area contributed by atoms with Gasteiger partial charge in [0.05, 0.1) is 0 Å². The highest BCUT2D eigenvalue weighted by atomic mass is 16.5. The van der Waals surface area contributed by atoms with Gasteiger partial charge in [-0.3, -0.25) is 9.69 Å². The highest BCUT2D eigenvalue weighted by molar-refractivity contribution is 5.76. The summed E-state index contributed by atoms with van der Waals surface area (Å²) in [6.07, 6.45) is 2.35. The molecule has 1 unspecified atom stereocenters. The van der Waals surface area contributed by atoms with Gasteiger partial charge in [0.25, 0.3) is 0 Å². The van der Waals surface area contributed by atoms with Gasteiger partial charge in [0.15, 0.2) is 0 Å². The van der Waals surface area contributed by atoms with Crippen LogP contribution < -0.4 is 10.1 Å². The van der Waals surface area contributed by atoms with E-state index in [2.05, 4.69) is 28.1 Å². The van der Waals surface area contributed by atoms with Crippen molar-refractivity contribution in [2.24, 2.45) is 0 Å². The zero-order valence-corrected chi connectivity index (χ0v) is 18.4. The van der Waals surface area contributed by atoms with E-state index in [1.54, 1.807) is 0 Å². The predicted molar refractivity (Wildman–Crippen MR) is 119 cm³/mol. The lowest BCUT2D eigenvalue weighted by molar-refractivity contribution is -0.133. The van der Waals surface area contributed by atoms with E-state index >= 15 is 0 Å². The molecule has 2 saturated heterocycles. The number of benzene rings is 1. The molecule has 2 N–H and O–H groups in total. The summed E-state index contributed by atoms with van der Waals surface area (Å²) >= 11 is 0. The Morgan fingerprint density at radius 2 is 1.93 bits per heavy atom.